The summed E-state index contributed by atoms with van der Waals surface area (Å²) in [6.07, 6.45) is 1.61. The van der Waals surface area contributed by atoms with Crippen LogP contribution in [0.25, 0.3) is 10.4 Å². The Balaban J connectivity index is 1.82. The van der Waals surface area contributed by atoms with Gasteiger partial charge in [0, 0.05) is 42.2 Å². The molecular formula is C31H35N5O5. The van der Waals surface area contributed by atoms with Crippen LogP contribution < -0.4 is 14.8 Å². The van der Waals surface area contributed by atoms with Gasteiger partial charge in [-0.05, 0) is 59.5 Å². The molecule has 214 valence electrons. The van der Waals surface area contributed by atoms with Gasteiger partial charge in [-0.15, -0.1) is 0 Å². The zero-order valence-corrected chi connectivity index (χ0v) is 23.3. The number of aliphatic imine (C=N–C) groups is 1. The summed E-state index contributed by atoms with van der Waals surface area (Å²) in [5, 5.41) is 16.0. The van der Waals surface area contributed by atoms with E-state index in [1.807, 2.05) is 48.5 Å². The van der Waals surface area contributed by atoms with E-state index in [0.717, 1.165) is 18.4 Å². The highest BCUT2D eigenvalue weighted by molar-refractivity contribution is 6.01. The zero-order chi connectivity index (χ0) is 29.1. The highest BCUT2D eigenvalue weighted by atomic mass is 16.5. The van der Waals surface area contributed by atoms with Crippen LogP contribution in [0.2, 0.25) is 0 Å². The molecule has 3 aromatic carbocycles. The lowest BCUT2D eigenvalue weighted by molar-refractivity contribution is -0.128. The number of nitrogens with zero attached hydrogens (tertiary/aromatic N) is 4. The molecule has 1 aliphatic heterocycles. The number of ether oxygens (including phenoxy) is 3. The molecule has 0 saturated carbocycles. The van der Waals surface area contributed by atoms with Crippen LogP contribution in [0.5, 0.6) is 11.5 Å². The summed E-state index contributed by atoms with van der Waals surface area (Å²) in [6, 6.07) is 21.8. The normalized spacial score (nSPS) is 17.6. The van der Waals surface area contributed by atoms with Gasteiger partial charge in [-0.25, -0.2) is 4.99 Å². The predicted molar refractivity (Wildman–Crippen MR) is 157 cm³/mol. The maximum atomic E-state index is 14.2. The van der Waals surface area contributed by atoms with E-state index in [2.05, 4.69) is 22.3 Å². The van der Waals surface area contributed by atoms with Gasteiger partial charge < -0.3 is 24.6 Å². The van der Waals surface area contributed by atoms with Crippen molar-refractivity contribution >= 4 is 17.5 Å². The summed E-state index contributed by atoms with van der Waals surface area (Å²) in [4.78, 5) is 22.2. The number of azide groups is 1. The molecule has 10 heteroatoms. The molecule has 0 unspecified atom stereocenters. The number of methoxy groups -OCH3 is 1. The summed E-state index contributed by atoms with van der Waals surface area (Å²) in [6.45, 7) is 3.00. The number of unbranched alkanes of at least 4 members (excludes halogenated alkanes) is 1. The monoisotopic (exact) mass is 557 g/mol. The third-order valence-electron chi connectivity index (χ3n) is 6.85. The summed E-state index contributed by atoms with van der Waals surface area (Å²) < 4.78 is 17.7. The molecule has 1 aliphatic rings. The number of carbonyl (C=O) groups is 1. The first-order valence-electron chi connectivity index (χ1n) is 13.7. The number of rotatable bonds is 14. The van der Waals surface area contributed by atoms with Crippen molar-refractivity contribution in [3.8, 4) is 11.5 Å². The molecule has 2 atom stereocenters. The highest BCUT2D eigenvalue weighted by Crippen LogP contribution is 2.44. The minimum atomic E-state index is -1.41. The number of hydrogen-bond acceptors (Lipinski definition) is 7. The Labute approximate surface area is 239 Å². The lowest BCUT2D eigenvalue weighted by Crippen LogP contribution is -2.50. The van der Waals surface area contributed by atoms with Crippen LogP contribution >= 0.6 is 0 Å². The summed E-state index contributed by atoms with van der Waals surface area (Å²) >= 11 is 0. The molecule has 0 bridgehead atoms. The van der Waals surface area contributed by atoms with Crippen LogP contribution in [0.3, 0.4) is 0 Å². The van der Waals surface area contributed by atoms with Gasteiger partial charge >= 0.3 is 0 Å². The summed E-state index contributed by atoms with van der Waals surface area (Å²) in [5.74, 6) is 1.30. The summed E-state index contributed by atoms with van der Waals surface area (Å²) in [5.41, 5.74) is 10.3. The molecule has 0 fully saturated rings. The molecule has 41 heavy (non-hydrogen) atoms. The molecular weight excluding hydrogens is 522 g/mol. The minimum Gasteiger partial charge on any atom is -0.497 e. The van der Waals surface area contributed by atoms with Crippen molar-refractivity contribution in [1.29, 1.82) is 0 Å². The third-order valence-corrected chi connectivity index (χ3v) is 6.85. The molecule has 0 aliphatic carbocycles. The second-order valence-electron chi connectivity index (χ2n) is 9.67. The molecule has 10 nitrogen and oxygen atoms in total. The van der Waals surface area contributed by atoms with E-state index in [1.165, 1.54) is 0 Å². The number of hydrogen-bond donors (Lipinski definition) is 2. The van der Waals surface area contributed by atoms with Crippen molar-refractivity contribution in [2.75, 3.05) is 26.9 Å². The molecule has 0 saturated heterocycles. The first kappa shape index (κ1) is 29.5. The van der Waals surface area contributed by atoms with Gasteiger partial charge in [0.05, 0.1) is 13.7 Å². The molecule has 0 spiro atoms. The predicted octanol–water partition coefficient (Wildman–Crippen LogP) is 5.81. The van der Waals surface area contributed by atoms with E-state index in [-0.39, 0.29) is 18.9 Å². The molecule has 0 radical (unpaired) electrons. The average Bonchev–Trinajstić information content (AvgIpc) is 3.39. The van der Waals surface area contributed by atoms with Crippen LogP contribution in [0, 0.1) is 0 Å². The molecule has 1 heterocycles. The van der Waals surface area contributed by atoms with Crippen molar-refractivity contribution in [2.45, 2.75) is 44.2 Å². The van der Waals surface area contributed by atoms with Gasteiger partial charge in [0.2, 0.25) is 5.90 Å². The van der Waals surface area contributed by atoms with E-state index in [9.17, 15) is 10.3 Å². The Morgan fingerprint density at radius 3 is 2.66 bits per heavy atom. The van der Waals surface area contributed by atoms with Crippen LogP contribution in [0.15, 0.2) is 82.9 Å². The maximum absolute atomic E-state index is 14.2. The number of benzene rings is 3. The first-order valence-corrected chi connectivity index (χ1v) is 13.7. The van der Waals surface area contributed by atoms with Crippen LogP contribution in [0.4, 0.5) is 5.69 Å². The molecule has 3 aromatic rings. The van der Waals surface area contributed by atoms with Crippen LogP contribution in [-0.2, 0) is 16.0 Å². The standard InChI is InChI=1S/C31H35N5O5/c1-3-4-17-33-30(38)31(21-24-9-5-6-12-27(24)35-36-32)28(23-10-7-11-26(20-23)39-2)41-29(34-31)22-13-15-25(16-14-22)40-19-8-18-37/h5-7,9-16,20,28,37H,3-4,8,17-19,21H2,1-2H3,(H,33,38)/t28-,31-/m1/s1. The smallest absolute Gasteiger partial charge is 0.252 e. The highest BCUT2D eigenvalue weighted by Gasteiger charge is 2.53. The number of carbonyl (C=O) groups excluding carboxylic acids is 1. The molecule has 1 amide bonds. The molecule has 4 rings (SSSR count). The lowest BCUT2D eigenvalue weighted by atomic mass is 9.81. The van der Waals surface area contributed by atoms with Crippen molar-refractivity contribution < 1.29 is 24.1 Å². The van der Waals surface area contributed by atoms with Gasteiger partial charge in [-0.1, -0.05) is 54.9 Å². The first-order chi connectivity index (χ1) is 20.0. The van der Waals surface area contributed by atoms with E-state index in [0.29, 0.717) is 53.8 Å². The molecule has 0 aromatic heterocycles. The fraction of sp³-hybridized carbons (Fsp3) is 0.355. The quantitative estimate of drug-likeness (QED) is 0.111. The number of aliphatic hydroxyl groups excluding tert-OH is 1. The second-order valence-corrected chi connectivity index (χ2v) is 9.67. The van der Waals surface area contributed by atoms with Crippen molar-refractivity contribution in [2.24, 2.45) is 10.1 Å². The van der Waals surface area contributed by atoms with Gasteiger partial charge in [0.1, 0.15) is 11.5 Å². The number of nitrogens with one attached hydrogen (secondary N) is 1. The molecule has 2 N–H and O–H groups in total. The fourth-order valence-electron chi connectivity index (χ4n) is 4.72. The van der Waals surface area contributed by atoms with E-state index in [1.54, 1.807) is 31.4 Å². The Morgan fingerprint density at radius 2 is 1.93 bits per heavy atom. The largest absolute Gasteiger partial charge is 0.497 e. The zero-order valence-electron chi connectivity index (χ0n) is 23.3. The van der Waals surface area contributed by atoms with Crippen LogP contribution in [-0.4, -0.2) is 49.3 Å². The number of amides is 1. The Morgan fingerprint density at radius 1 is 1.12 bits per heavy atom. The van der Waals surface area contributed by atoms with Crippen molar-refractivity contribution in [3.05, 3.63) is 99.9 Å². The second kappa shape index (κ2) is 14.2. The fourth-order valence-corrected chi connectivity index (χ4v) is 4.72. The van der Waals surface area contributed by atoms with E-state index in [4.69, 9.17) is 24.3 Å². The van der Waals surface area contributed by atoms with E-state index < -0.39 is 11.6 Å². The Bertz CT molecular complexity index is 1400. The van der Waals surface area contributed by atoms with Gasteiger partial charge in [0.15, 0.2) is 11.6 Å². The van der Waals surface area contributed by atoms with Gasteiger partial charge in [-0.3, -0.25) is 4.79 Å². The minimum absolute atomic E-state index is 0.0552. The average molecular weight is 558 g/mol. The number of aliphatic hydroxyl groups is 1. The van der Waals surface area contributed by atoms with Crippen LogP contribution in [0.1, 0.15) is 49.0 Å². The Kier molecular flexibility index (Phi) is 10.2. The SMILES string of the molecule is CCCCNC(=O)[C@]1(Cc2ccccc2N=[N+]=[N-])N=C(c2ccc(OCCCO)cc2)O[C@@H]1c1cccc(OC)c1. The lowest BCUT2D eigenvalue weighted by Gasteiger charge is -2.31. The van der Waals surface area contributed by atoms with Gasteiger partial charge in [0.25, 0.3) is 5.91 Å². The van der Waals surface area contributed by atoms with Crippen molar-refractivity contribution in [1.82, 2.24) is 5.32 Å². The summed E-state index contributed by atoms with van der Waals surface area (Å²) in [7, 11) is 1.58. The maximum Gasteiger partial charge on any atom is 0.252 e. The topological polar surface area (TPSA) is 138 Å². The van der Waals surface area contributed by atoms with Crippen molar-refractivity contribution in [3.63, 3.8) is 0 Å². The van der Waals surface area contributed by atoms with E-state index >= 15 is 0 Å². The van der Waals surface area contributed by atoms with Gasteiger partial charge in [-0.2, -0.15) is 0 Å². The Hall–Kier alpha value is -4.53. The third kappa shape index (κ3) is 6.98.